The van der Waals surface area contributed by atoms with E-state index in [0.29, 0.717) is 19.5 Å². The van der Waals surface area contributed by atoms with Gasteiger partial charge < -0.3 is 4.74 Å². The number of benzene rings is 1. The zero-order valence-electron chi connectivity index (χ0n) is 10.2. The molecule has 18 heavy (non-hydrogen) atoms. The molecule has 98 valence electrons. The van der Waals surface area contributed by atoms with Crippen molar-refractivity contribution in [3.63, 3.8) is 0 Å². The lowest BCUT2D eigenvalue weighted by Gasteiger charge is -2.23. The van der Waals surface area contributed by atoms with Crippen molar-refractivity contribution in [2.24, 2.45) is 5.14 Å². The van der Waals surface area contributed by atoms with E-state index in [1.807, 2.05) is 30.3 Å². The second-order valence-corrected chi connectivity index (χ2v) is 5.66. The van der Waals surface area contributed by atoms with Crippen LogP contribution in [0, 0.1) is 0 Å². The normalized spacial score (nSPS) is 17.3. The van der Waals surface area contributed by atoms with Gasteiger partial charge in [0, 0.05) is 13.1 Å². The molecule has 2 rings (SSSR count). The van der Waals surface area contributed by atoms with Crippen molar-refractivity contribution in [3.05, 3.63) is 35.9 Å². The number of rotatable bonds is 3. The molecule has 2 N–H and O–H groups in total. The Morgan fingerprint density at radius 1 is 1.28 bits per heavy atom. The molecule has 0 spiro atoms. The first-order valence-corrected chi connectivity index (χ1v) is 7.12. The fourth-order valence-corrected chi connectivity index (χ4v) is 2.58. The summed E-state index contributed by atoms with van der Waals surface area (Å²) in [6, 6.07) is 7.72. The summed E-state index contributed by atoms with van der Waals surface area (Å²) in [6.07, 6.45) is 2.57. The van der Waals surface area contributed by atoms with Crippen LogP contribution in [0.4, 0.5) is 0 Å². The summed E-state index contributed by atoms with van der Waals surface area (Å²) in [7, 11) is -1.95. The first kappa shape index (κ1) is 13.1. The van der Waals surface area contributed by atoms with Crippen LogP contribution in [0.5, 0.6) is 5.75 Å². The maximum atomic E-state index is 11.2. The fourth-order valence-electron chi connectivity index (χ4n) is 1.95. The van der Waals surface area contributed by atoms with Crippen LogP contribution < -0.4 is 9.88 Å². The van der Waals surface area contributed by atoms with Crippen molar-refractivity contribution in [1.29, 1.82) is 0 Å². The summed E-state index contributed by atoms with van der Waals surface area (Å²) >= 11 is 0. The minimum Gasteiger partial charge on any atom is -0.497 e. The molecule has 0 aliphatic carbocycles. The van der Waals surface area contributed by atoms with Gasteiger partial charge in [-0.15, -0.1) is 0 Å². The fraction of sp³-hybridized carbons (Fsp3) is 0.333. The zero-order chi connectivity index (χ0) is 13.2. The van der Waals surface area contributed by atoms with Crippen molar-refractivity contribution >= 4 is 15.8 Å². The van der Waals surface area contributed by atoms with Gasteiger partial charge in [-0.25, -0.2) is 5.14 Å². The minimum atomic E-state index is -3.57. The Balaban J connectivity index is 2.14. The Labute approximate surface area is 107 Å². The number of ether oxygens (including phenoxy) is 1. The molecule has 5 nitrogen and oxygen atoms in total. The number of nitrogens with zero attached hydrogens (tertiary/aromatic N) is 1. The van der Waals surface area contributed by atoms with Gasteiger partial charge in [0.25, 0.3) is 10.2 Å². The number of nitrogens with two attached hydrogens (primary N) is 1. The number of methoxy groups -OCH3 is 1. The molecule has 1 heterocycles. The molecule has 1 aliphatic rings. The molecule has 0 bridgehead atoms. The van der Waals surface area contributed by atoms with E-state index >= 15 is 0 Å². The molecule has 6 heteroatoms. The van der Waals surface area contributed by atoms with E-state index in [2.05, 4.69) is 0 Å². The van der Waals surface area contributed by atoms with Crippen molar-refractivity contribution in [3.8, 4) is 5.75 Å². The van der Waals surface area contributed by atoms with Crippen LogP contribution in [0.15, 0.2) is 30.3 Å². The predicted octanol–water partition coefficient (Wildman–Crippen LogP) is 0.988. The Hall–Kier alpha value is -1.37. The molecule has 0 fully saturated rings. The molecule has 1 aromatic carbocycles. The van der Waals surface area contributed by atoms with E-state index < -0.39 is 10.2 Å². The lowest BCUT2D eigenvalue weighted by atomic mass is 10.0. The Morgan fingerprint density at radius 3 is 2.39 bits per heavy atom. The topological polar surface area (TPSA) is 72.6 Å². The molecule has 0 saturated heterocycles. The van der Waals surface area contributed by atoms with Gasteiger partial charge in [0.05, 0.1) is 7.11 Å². The average Bonchev–Trinajstić information content (AvgIpc) is 2.38. The summed E-state index contributed by atoms with van der Waals surface area (Å²) in [6.45, 7) is 0.761. The molecule has 0 unspecified atom stereocenters. The van der Waals surface area contributed by atoms with Crippen LogP contribution in [0.3, 0.4) is 0 Å². The van der Waals surface area contributed by atoms with Gasteiger partial charge in [-0.1, -0.05) is 18.2 Å². The van der Waals surface area contributed by atoms with Crippen molar-refractivity contribution in [2.45, 2.75) is 6.42 Å². The van der Waals surface area contributed by atoms with Gasteiger partial charge in [0.2, 0.25) is 0 Å². The quantitative estimate of drug-likeness (QED) is 0.888. The van der Waals surface area contributed by atoms with E-state index in [4.69, 9.17) is 9.88 Å². The molecular formula is C12H16N2O3S. The number of hydrogen-bond acceptors (Lipinski definition) is 3. The summed E-state index contributed by atoms with van der Waals surface area (Å²) in [4.78, 5) is 0. The first-order valence-electron chi connectivity index (χ1n) is 5.62. The zero-order valence-corrected chi connectivity index (χ0v) is 11.0. The molecule has 0 aromatic heterocycles. The largest absolute Gasteiger partial charge is 0.497 e. The van der Waals surface area contributed by atoms with Gasteiger partial charge >= 0.3 is 0 Å². The van der Waals surface area contributed by atoms with E-state index in [9.17, 15) is 8.42 Å². The molecule has 0 atom stereocenters. The van der Waals surface area contributed by atoms with Crippen LogP contribution in [0.2, 0.25) is 0 Å². The molecule has 0 amide bonds. The summed E-state index contributed by atoms with van der Waals surface area (Å²) in [5.41, 5.74) is 2.22. The van der Waals surface area contributed by atoms with Gasteiger partial charge in [-0.05, 0) is 29.7 Å². The van der Waals surface area contributed by atoms with Crippen LogP contribution >= 0.6 is 0 Å². The van der Waals surface area contributed by atoms with Crippen LogP contribution in [0.25, 0.3) is 5.57 Å². The highest BCUT2D eigenvalue weighted by atomic mass is 32.2. The third kappa shape index (κ3) is 2.90. The Kier molecular flexibility index (Phi) is 3.70. The summed E-state index contributed by atoms with van der Waals surface area (Å²) in [5.74, 6) is 0.807. The van der Waals surface area contributed by atoms with E-state index in [1.54, 1.807) is 7.11 Å². The minimum absolute atomic E-state index is 0.334. The maximum absolute atomic E-state index is 11.2. The monoisotopic (exact) mass is 268 g/mol. The maximum Gasteiger partial charge on any atom is 0.277 e. The van der Waals surface area contributed by atoms with Gasteiger partial charge in [0.1, 0.15) is 5.75 Å². The molecule has 0 saturated carbocycles. The highest BCUT2D eigenvalue weighted by Gasteiger charge is 2.20. The van der Waals surface area contributed by atoms with Gasteiger partial charge in [0.15, 0.2) is 0 Å². The number of hydrogen-bond donors (Lipinski definition) is 1. The predicted molar refractivity (Wildman–Crippen MR) is 70.3 cm³/mol. The van der Waals surface area contributed by atoms with Gasteiger partial charge in [-0.3, -0.25) is 0 Å². The smallest absolute Gasteiger partial charge is 0.277 e. The van der Waals surface area contributed by atoms with E-state index in [1.165, 1.54) is 4.31 Å². The van der Waals surface area contributed by atoms with Crippen LogP contribution in [0.1, 0.15) is 12.0 Å². The summed E-state index contributed by atoms with van der Waals surface area (Å²) in [5, 5.41) is 5.08. The van der Waals surface area contributed by atoms with Crippen LogP contribution in [-0.2, 0) is 10.2 Å². The van der Waals surface area contributed by atoms with Crippen molar-refractivity contribution < 1.29 is 13.2 Å². The second kappa shape index (κ2) is 5.09. The molecule has 1 aliphatic heterocycles. The lowest BCUT2D eigenvalue weighted by molar-refractivity contribution is 0.414. The highest BCUT2D eigenvalue weighted by molar-refractivity contribution is 7.86. The standard InChI is InChI=1S/C12H16N2O3S/c1-17-12-4-2-10(3-5-12)11-6-8-14(9-7-11)18(13,15)16/h2-6H,7-9H2,1H3,(H2,13,15,16). The molecule has 1 aromatic rings. The highest BCUT2D eigenvalue weighted by Crippen LogP contribution is 2.24. The lowest BCUT2D eigenvalue weighted by Crippen LogP contribution is -2.39. The van der Waals surface area contributed by atoms with E-state index in [-0.39, 0.29) is 0 Å². The van der Waals surface area contributed by atoms with Crippen molar-refractivity contribution in [2.75, 3.05) is 20.2 Å². The van der Waals surface area contributed by atoms with E-state index in [0.717, 1.165) is 16.9 Å². The third-order valence-electron chi connectivity index (χ3n) is 2.99. The second-order valence-electron chi connectivity index (χ2n) is 4.11. The van der Waals surface area contributed by atoms with Crippen LogP contribution in [-0.4, -0.2) is 32.9 Å². The molecule has 0 radical (unpaired) electrons. The molecular weight excluding hydrogens is 252 g/mol. The SMILES string of the molecule is COc1ccc(C2=CCN(S(N)(=O)=O)CC2)cc1. The summed E-state index contributed by atoms with van der Waals surface area (Å²) < 4.78 is 28.7. The Bertz CT molecular complexity index is 549. The van der Waals surface area contributed by atoms with Gasteiger partial charge in [-0.2, -0.15) is 12.7 Å². The first-order chi connectivity index (χ1) is 8.50. The average molecular weight is 268 g/mol. The Morgan fingerprint density at radius 2 is 1.94 bits per heavy atom. The van der Waals surface area contributed by atoms with Crippen molar-refractivity contribution in [1.82, 2.24) is 4.31 Å². The third-order valence-corrected chi connectivity index (χ3v) is 4.04.